The molecule has 1 aliphatic heterocycles. The molecule has 0 aliphatic carbocycles. The molecule has 0 saturated heterocycles. The number of aromatic nitrogens is 5. The van der Waals surface area contributed by atoms with E-state index in [2.05, 4.69) is 33.4 Å². The van der Waals surface area contributed by atoms with Crippen molar-refractivity contribution in [2.24, 2.45) is 0 Å². The summed E-state index contributed by atoms with van der Waals surface area (Å²) in [6, 6.07) is 7.85. The van der Waals surface area contributed by atoms with E-state index in [-0.39, 0.29) is 5.56 Å². The van der Waals surface area contributed by atoms with Gasteiger partial charge in [0.1, 0.15) is 11.3 Å². The van der Waals surface area contributed by atoms with Crippen LogP contribution in [-0.4, -0.2) is 36.6 Å². The van der Waals surface area contributed by atoms with E-state index in [0.717, 1.165) is 35.4 Å². The van der Waals surface area contributed by atoms with Crippen molar-refractivity contribution < 1.29 is 0 Å². The summed E-state index contributed by atoms with van der Waals surface area (Å²) < 4.78 is 3.41. The molecule has 0 amide bonds. The first-order valence-corrected chi connectivity index (χ1v) is 9.78. The molecule has 0 bridgehead atoms. The van der Waals surface area contributed by atoms with Crippen LogP contribution in [0.5, 0.6) is 0 Å². The third kappa shape index (κ3) is 3.13. The Hall–Kier alpha value is -3.32. The highest BCUT2D eigenvalue weighted by Crippen LogP contribution is 2.23. The Kier molecular flexibility index (Phi) is 4.06. The molecule has 7 nitrogen and oxygen atoms in total. The van der Waals surface area contributed by atoms with E-state index in [9.17, 15) is 4.79 Å². The van der Waals surface area contributed by atoms with Crippen LogP contribution in [-0.2, 0) is 0 Å². The van der Waals surface area contributed by atoms with Crippen LogP contribution in [0.25, 0.3) is 28.1 Å². The van der Waals surface area contributed by atoms with Gasteiger partial charge >= 0.3 is 0 Å². The van der Waals surface area contributed by atoms with Gasteiger partial charge in [-0.25, -0.2) is 9.50 Å². The molecule has 0 aromatic carbocycles. The first-order chi connectivity index (χ1) is 14.0. The number of fused-ring (bicyclic) bond motifs is 2. The molecule has 0 radical (unpaired) electrons. The molecule has 0 saturated carbocycles. The van der Waals surface area contributed by atoms with Gasteiger partial charge in [0.2, 0.25) is 0 Å². The smallest absolute Gasteiger partial charge is 0.258 e. The molecule has 1 N–H and O–H groups in total. The Morgan fingerprint density at radius 2 is 1.97 bits per heavy atom. The van der Waals surface area contributed by atoms with Gasteiger partial charge in [-0.3, -0.25) is 14.2 Å². The van der Waals surface area contributed by atoms with E-state index in [1.807, 2.05) is 44.4 Å². The maximum Gasteiger partial charge on any atom is 0.258 e. The first-order valence-electron chi connectivity index (χ1n) is 9.78. The topological polar surface area (TPSA) is 76.6 Å². The van der Waals surface area contributed by atoms with Crippen LogP contribution >= 0.6 is 0 Å². The maximum atomic E-state index is 12.9. The highest BCUT2D eigenvalue weighted by Gasteiger charge is 2.14. The number of nitrogens with zero attached hydrogens (tertiary/aromatic N) is 5. The Bertz CT molecular complexity index is 1350. The minimum Gasteiger partial charge on any atom is -0.310 e. The van der Waals surface area contributed by atoms with Gasteiger partial charge < -0.3 is 5.32 Å². The lowest BCUT2D eigenvalue weighted by molar-refractivity contribution is 0.579. The second-order valence-electron chi connectivity index (χ2n) is 7.70. The number of hydrogen-bond donors (Lipinski definition) is 1. The Morgan fingerprint density at radius 1 is 1.10 bits per heavy atom. The number of hydrogen-bond acceptors (Lipinski definition) is 5. The molecule has 4 aromatic heterocycles. The summed E-state index contributed by atoms with van der Waals surface area (Å²) in [6.07, 6.45) is 6.89. The van der Waals surface area contributed by atoms with Crippen LogP contribution in [0.4, 0.5) is 0 Å². The highest BCUT2D eigenvalue weighted by molar-refractivity contribution is 5.69. The summed E-state index contributed by atoms with van der Waals surface area (Å²) in [6.45, 7) is 6.91. The molecule has 29 heavy (non-hydrogen) atoms. The summed E-state index contributed by atoms with van der Waals surface area (Å²) in [5.74, 6) is 0. The lowest BCUT2D eigenvalue weighted by Gasteiger charge is -2.21. The number of pyridine rings is 1. The predicted molar refractivity (Wildman–Crippen MR) is 113 cm³/mol. The molecular formula is C22H22N6O. The van der Waals surface area contributed by atoms with Crippen LogP contribution in [0, 0.1) is 13.8 Å². The minimum absolute atomic E-state index is 0.113. The second-order valence-corrected chi connectivity index (χ2v) is 7.70. The average Bonchev–Trinajstić information content (AvgIpc) is 3.12. The fourth-order valence-corrected chi connectivity index (χ4v) is 3.94. The molecule has 0 fully saturated rings. The quantitative estimate of drug-likeness (QED) is 0.573. The van der Waals surface area contributed by atoms with Crippen molar-refractivity contribution in [1.29, 1.82) is 0 Å². The molecule has 4 aromatic rings. The van der Waals surface area contributed by atoms with Crippen molar-refractivity contribution in [3.05, 3.63) is 70.0 Å². The molecule has 0 unspecified atom stereocenters. The van der Waals surface area contributed by atoms with Crippen molar-refractivity contribution in [1.82, 2.24) is 29.3 Å². The summed E-state index contributed by atoms with van der Waals surface area (Å²) >= 11 is 0. The van der Waals surface area contributed by atoms with Crippen molar-refractivity contribution in [3.63, 3.8) is 0 Å². The molecule has 146 valence electrons. The van der Waals surface area contributed by atoms with Gasteiger partial charge in [-0.05, 0) is 56.5 Å². The fraction of sp³-hybridized carbons (Fsp3) is 0.273. The standard InChI is InChI=1S/C22H22N6O/c1-13-8-16(6-7-23-13)17-4-5-21-25-18(10-22(29)27(21)12-17)19-9-20-15(3)24-14(2)11-28(20)26-19/h4-6,9-13,23H,7-8H2,1-3H3/t13-/m0/s1. The summed E-state index contributed by atoms with van der Waals surface area (Å²) in [5, 5.41) is 8.01. The Balaban J connectivity index is 1.60. The normalized spacial score (nSPS) is 17.1. The largest absolute Gasteiger partial charge is 0.310 e. The third-order valence-electron chi connectivity index (χ3n) is 5.39. The van der Waals surface area contributed by atoms with Gasteiger partial charge in [-0.15, -0.1) is 0 Å². The number of rotatable bonds is 2. The van der Waals surface area contributed by atoms with Gasteiger partial charge in [-0.1, -0.05) is 6.08 Å². The van der Waals surface area contributed by atoms with Gasteiger partial charge in [0.25, 0.3) is 5.56 Å². The van der Waals surface area contributed by atoms with Crippen LogP contribution < -0.4 is 10.9 Å². The third-order valence-corrected chi connectivity index (χ3v) is 5.39. The monoisotopic (exact) mass is 386 g/mol. The summed E-state index contributed by atoms with van der Waals surface area (Å²) in [7, 11) is 0. The summed E-state index contributed by atoms with van der Waals surface area (Å²) in [4.78, 5) is 22.0. The van der Waals surface area contributed by atoms with Gasteiger partial charge in [0.05, 0.1) is 28.8 Å². The predicted octanol–water partition coefficient (Wildman–Crippen LogP) is 2.79. The zero-order chi connectivity index (χ0) is 20.1. The van der Waals surface area contributed by atoms with Gasteiger partial charge in [0.15, 0.2) is 0 Å². The lowest BCUT2D eigenvalue weighted by Crippen LogP contribution is -2.30. The van der Waals surface area contributed by atoms with Crippen LogP contribution in [0.3, 0.4) is 0 Å². The Labute approximate surface area is 167 Å². The molecular weight excluding hydrogens is 364 g/mol. The van der Waals surface area contributed by atoms with E-state index < -0.39 is 0 Å². The minimum atomic E-state index is -0.113. The van der Waals surface area contributed by atoms with E-state index in [4.69, 9.17) is 0 Å². The van der Waals surface area contributed by atoms with Crippen LogP contribution in [0.2, 0.25) is 0 Å². The van der Waals surface area contributed by atoms with E-state index in [1.165, 1.54) is 5.57 Å². The molecule has 1 atom stereocenters. The van der Waals surface area contributed by atoms with Crippen LogP contribution in [0.1, 0.15) is 30.3 Å². The summed E-state index contributed by atoms with van der Waals surface area (Å²) in [5.41, 5.74) is 6.76. The highest BCUT2D eigenvalue weighted by atomic mass is 16.1. The molecule has 7 heteroatoms. The molecule has 5 heterocycles. The van der Waals surface area contributed by atoms with Gasteiger partial charge in [0, 0.05) is 24.8 Å². The second kappa shape index (κ2) is 6.63. The molecule has 5 rings (SSSR count). The molecule has 0 spiro atoms. The van der Waals surface area contributed by atoms with Crippen LogP contribution in [0.15, 0.2) is 47.5 Å². The zero-order valence-electron chi connectivity index (χ0n) is 16.7. The van der Waals surface area contributed by atoms with Crippen molar-refractivity contribution in [2.75, 3.05) is 6.54 Å². The van der Waals surface area contributed by atoms with Crippen molar-refractivity contribution in [2.45, 2.75) is 33.2 Å². The molecule has 1 aliphatic rings. The fourth-order valence-electron chi connectivity index (χ4n) is 3.94. The zero-order valence-corrected chi connectivity index (χ0v) is 16.7. The van der Waals surface area contributed by atoms with Crippen molar-refractivity contribution in [3.8, 4) is 11.4 Å². The lowest BCUT2D eigenvalue weighted by atomic mass is 9.97. The van der Waals surface area contributed by atoms with E-state index >= 15 is 0 Å². The first kappa shape index (κ1) is 17.8. The number of nitrogens with one attached hydrogen (secondary N) is 1. The Morgan fingerprint density at radius 3 is 2.79 bits per heavy atom. The van der Waals surface area contributed by atoms with Crippen molar-refractivity contribution >= 4 is 16.7 Å². The van der Waals surface area contributed by atoms with E-state index in [1.54, 1.807) is 15.0 Å². The van der Waals surface area contributed by atoms with Gasteiger partial charge in [-0.2, -0.15) is 5.10 Å². The average molecular weight is 386 g/mol. The number of aryl methyl sites for hydroxylation is 2. The SMILES string of the molecule is Cc1cn2nc(-c3cc(=O)n4cc(C5=CCN[C@@H](C)C5)ccc4n3)cc2c(C)n1. The van der Waals surface area contributed by atoms with E-state index in [0.29, 0.717) is 23.1 Å². The maximum absolute atomic E-state index is 12.9.